The third-order valence-corrected chi connectivity index (χ3v) is 6.12. The van der Waals surface area contributed by atoms with E-state index in [1.807, 2.05) is 12.1 Å². The number of anilines is 3. The summed E-state index contributed by atoms with van der Waals surface area (Å²) in [6.45, 7) is 4.03. The lowest BCUT2D eigenvalue weighted by molar-refractivity contribution is 0.102. The molecule has 0 unspecified atom stereocenters. The van der Waals surface area contributed by atoms with E-state index in [1.54, 1.807) is 36.4 Å². The van der Waals surface area contributed by atoms with Crippen LogP contribution < -0.4 is 15.5 Å². The van der Waals surface area contributed by atoms with Gasteiger partial charge in [0.2, 0.25) is 0 Å². The SMILES string of the molecule is CN1CCCN(c2ccc(C(=O)Nc3ccc(Cl)cc3C(=O)Nc3ccc(Cl)cn3)cc2)CC1. The van der Waals surface area contributed by atoms with Crippen LogP contribution in [0.4, 0.5) is 17.2 Å². The van der Waals surface area contributed by atoms with E-state index in [4.69, 9.17) is 23.2 Å². The highest BCUT2D eigenvalue weighted by molar-refractivity contribution is 6.31. The van der Waals surface area contributed by atoms with Gasteiger partial charge in [0, 0.05) is 42.1 Å². The Morgan fingerprint density at radius 3 is 2.35 bits per heavy atom. The number of hydrogen-bond donors (Lipinski definition) is 2. The molecule has 2 amide bonds. The number of rotatable bonds is 5. The summed E-state index contributed by atoms with van der Waals surface area (Å²) in [5, 5.41) is 6.35. The number of benzene rings is 2. The summed E-state index contributed by atoms with van der Waals surface area (Å²) < 4.78 is 0. The van der Waals surface area contributed by atoms with Gasteiger partial charge in [0.25, 0.3) is 11.8 Å². The first-order valence-electron chi connectivity index (χ1n) is 11.0. The molecule has 1 aromatic heterocycles. The molecule has 0 aliphatic carbocycles. The number of carbonyl (C=O) groups is 2. The van der Waals surface area contributed by atoms with Gasteiger partial charge in [-0.1, -0.05) is 23.2 Å². The smallest absolute Gasteiger partial charge is 0.258 e. The summed E-state index contributed by atoms with van der Waals surface area (Å²) in [5.41, 5.74) is 2.16. The molecule has 176 valence electrons. The number of hydrogen-bond acceptors (Lipinski definition) is 5. The molecule has 9 heteroatoms. The summed E-state index contributed by atoms with van der Waals surface area (Å²) in [7, 11) is 2.13. The maximum absolute atomic E-state index is 12.9. The standard InChI is InChI=1S/C25H25Cl2N5O2/c1-31-11-2-12-32(14-13-31)20-7-3-17(4-8-20)24(33)29-22-9-5-18(26)15-21(22)25(34)30-23-10-6-19(27)16-28-23/h3-10,15-16H,2,11-14H2,1H3,(H,29,33)(H,28,30,34). The largest absolute Gasteiger partial charge is 0.370 e. The summed E-state index contributed by atoms with van der Waals surface area (Å²) in [4.78, 5) is 34.5. The van der Waals surface area contributed by atoms with Crippen LogP contribution in [0.1, 0.15) is 27.1 Å². The van der Waals surface area contributed by atoms with Crippen molar-refractivity contribution in [1.82, 2.24) is 9.88 Å². The molecule has 4 rings (SSSR count). The fraction of sp³-hybridized carbons (Fsp3) is 0.240. The monoisotopic (exact) mass is 497 g/mol. The van der Waals surface area contributed by atoms with Crippen molar-refractivity contribution in [3.05, 3.63) is 82.0 Å². The van der Waals surface area contributed by atoms with Crippen LogP contribution in [-0.4, -0.2) is 54.9 Å². The van der Waals surface area contributed by atoms with Gasteiger partial charge in [0.1, 0.15) is 5.82 Å². The van der Waals surface area contributed by atoms with E-state index in [0.717, 1.165) is 38.3 Å². The predicted octanol–water partition coefficient (Wildman–Crippen LogP) is 5.03. The Balaban J connectivity index is 1.47. The molecular weight excluding hydrogens is 473 g/mol. The third kappa shape index (κ3) is 6.05. The molecule has 0 spiro atoms. The van der Waals surface area contributed by atoms with E-state index < -0.39 is 5.91 Å². The molecular formula is C25H25Cl2N5O2. The van der Waals surface area contributed by atoms with Gasteiger partial charge >= 0.3 is 0 Å². The number of amides is 2. The maximum atomic E-state index is 12.9. The van der Waals surface area contributed by atoms with Crippen LogP contribution in [0.5, 0.6) is 0 Å². The van der Waals surface area contributed by atoms with Crippen molar-refractivity contribution in [1.29, 1.82) is 0 Å². The van der Waals surface area contributed by atoms with E-state index in [0.29, 0.717) is 27.1 Å². The minimum Gasteiger partial charge on any atom is -0.370 e. The average Bonchev–Trinajstić information content (AvgIpc) is 3.06. The van der Waals surface area contributed by atoms with Gasteiger partial charge in [-0.2, -0.15) is 0 Å². The van der Waals surface area contributed by atoms with Gasteiger partial charge in [0.15, 0.2) is 0 Å². The highest BCUT2D eigenvalue weighted by atomic mass is 35.5. The minimum atomic E-state index is -0.450. The third-order valence-electron chi connectivity index (χ3n) is 5.66. The second kappa shape index (κ2) is 10.9. The zero-order valence-electron chi connectivity index (χ0n) is 18.7. The maximum Gasteiger partial charge on any atom is 0.258 e. The molecule has 1 saturated heterocycles. The Labute approximate surface area is 208 Å². The van der Waals surface area contributed by atoms with Gasteiger partial charge in [-0.05, 0) is 74.6 Å². The molecule has 7 nitrogen and oxygen atoms in total. The van der Waals surface area contributed by atoms with E-state index in [-0.39, 0.29) is 11.5 Å². The first kappa shape index (κ1) is 24.0. The first-order chi connectivity index (χ1) is 16.4. The Kier molecular flexibility index (Phi) is 7.67. The van der Waals surface area contributed by atoms with E-state index in [1.165, 1.54) is 12.3 Å². The van der Waals surface area contributed by atoms with Crippen molar-refractivity contribution < 1.29 is 9.59 Å². The molecule has 0 atom stereocenters. The van der Waals surface area contributed by atoms with Crippen molar-refractivity contribution >= 4 is 52.2 Å². The highest BCUT2D eigenvalue weighted by Gasteiger charge is 2.17. The summed E-state index contributed by atoms with van der Waals surface area (Å²) in [6.07, 6.45) is 2.54. The molecule has 34 heavy (non-hydrogen) atoms. The summed E-state index contributed by atoms with van der Waals surface area (Å²) in [6, 6.07) is 15.5. The molecule has 2 N–H and O–H groups in total. The molecule has 1 fully saturated rings. The zero-order chi connectivity index (χ0) is 24.1. The second-order valence-corrected chi connectivity index (χ2v) is 9.02. The van der Waals surface area contributed by atoms with Crippen LogP contribution in [0.15, 0.2) is 60.8 Å². The molecule has 1 aliphatic heterocycles. The van der Waals surface area contributed by atoms with E-state index in [2.05, 4.69) is 32.5 Å². The second-order valence-electron chi connectivity index (χ2n) is 8.15. The van der Waals surface area contributed by atoms with Crippen molar-refractivity contribution in [2.75, 3.05) is 48.8 Å². The molecule has 2 aromatic carbocycles. The van der Waals surface area contributed by atoms with Crippen LogP contribution in [0, 0.1) is 0 Å². The van der Waals surface area contributed by atoms with Crippen molar-refractivity contribution in [2.24, 2.45) is 0 Å². The number of nitrogens with zero attached hydrogens (tertiary/aromatic N) is 3. The molecule has 3 aromatic rings. The normalized spacial score (nSPS) is 14.4. The van der Waals surface area contributed by atoms with E-state index >= 15 is 0 Å². The van der Waals surface area contributed by atoms with Crippen LogP contribution in [0.3, 0.4) is 0 Å². The lowest BCUT2D eigenvalue weighted by Crippen LogP contribution is -2.28. The number of nitrogens with one attached hydrogen (secondary N) is 2. The quantitative estimate of drug-likeness (QED) is 0.516. The van der Waals surface area contributed by atoms with Gasteiger partial charge in [0.05, 0.1) is 16.3 Å². The fourth-order valence-electron chi connectivity index (χ4n) is 3.77. The minimum absolute atomic E-state index is 0.225. The number of halogens is 2. The number of aromatic nitrogens is 1. The fourth-order valence-corrected chi connectivity index (χ4v) is 4.05. The first-order valence-corrected chi connectivity index (χ1v) is 11.7. The Morgan fingerprint density at radius 1 is 0.853 bits per heavy atom. The van der Waals surface area contributed by atoms with Gasteiger partial charge in [-0.15, -0.1) is 0 Å². The molecule has 0 radical (unpaired) electrons. The highest BCUT2D eigenvalue weighted by Crippen LogP contribution is 2.24. The lowest BCUT2D eigenvalue weighted by atomic mass is 10.1. The average molecular weight is 498 g/mol. The van der Waals surface area contributed by atoms with Crippen LogP contribution in [0.25, 0.3) is 0 Å². The van der Waals surface area contributed by atoms with Crippen LogP contribution in [0.2, 0.25) is 10.0 Å². The Hall–Kier alpha value is -3.13. The number of pyridine rings is 1. The van der Waals surface area contributed by atoms with Crippen LogP contribution >= 0.6 is 23.2 Å². The van der Waals surface area contributed by atoms with Crippen LogP contribution in [-0.2, 0) is 0 Å². The molecule has 2 heterocycles. The van der Waals surface area contributed by atoms with Gasteiger partial charge < -0.3 is 20.4 Å². The number of likely N-dealkylation sites (N-methyl/N-ethyl adjacent to an activating group) is 1. The van der Waals surface area contributed by atoms with Gasteiger partial charge in [-0.3, -0.25) is 9.59 Å². The summed E-state index contributed by atoms with van der Waals surface area (Å²) in [5.74, 6) is -0.431. The molecule has 0 bridgehead atoms. The molecule has 1 aliphatic rings. The predicted molar refractivity (Wildman–Crippen MR) is 137 cm³/mol. The lowest BCUT2D eigenvalue weighted by Gasteiger charge is -2.23. The molecule has 0 saturated carbocycles. The topological polar surface area (TPSA) is 77.6 Å². The Morgan fingerprint density at radius 2 is 1.62 bits per heavy atom. The number of carbonyl (C=O) groups excluding carboxylic acids is 2. The van der Waals surface area contributed by atoms with Crippen molar-refractivity contribution in [3.63, 3.8) is 0 Å². The van der Waals surface area contributed by atoms with Gasteiger partial charge in [-0.25, -0.2) is 4.98 Å². The van der Waals surface area contributed by atoms with Crippen molar-refractivity contribution in [3.8, 4) is 0 Å². The van der Waals surface area contributed by atoms with Crippen molar-refractivity contribution in [2.45, 2.75) is 6.42 Å². The van der Waals surface area contributed by atoms with E-state index in [9.17, 15) is 9.59 Å². The summed E-state index contributed by atoms with van der Waals surface area (Å²) >= 11 is 12.0. The Bertz CT molecular complexity index is 1170. The zero-order valence-corrected chi connectivity index (χ0v) is 20.2.